The third kappa shape index (κ3) is 6.59. The third-order valence-corrected chi connectivity index (χ3v) is 1.28. The van der Waals surface area contributed by atoms with Crippen LogP contribution in [0.4, 0.5) is 0 Å². The van der Waals surface area contributed by atoms with Gasteiger partial charge in [0, 0.05) is 6.92 Å². The molecular formula is C11H12N2. The van der Waals surface area contributed by atoms with Crippen LogP contribution < -0.4 is 0 Å². The molecule has 0 amide bonds. The second kappa shape index (κ2) is 8.30. The first-order valence-electron chi connectivity index (χ1n) is 4.09. The molecule has 13 heavy (non-hydrogen) atoms. The van der Waals surface area contributed by atoms with Crippen LogP contribution in [-0.4, -0.2) is 6.54 Å². The average Bonchev–Trinajstić information content (AvgIpc) is 2.20. The normalized spacial score (nSPS) is 7.31. The largest absolute Gasteiger partial charge is 0.317 e. The van der Waals surface area contributed by atoms with E-state index in [1.54, 1.807) is 0 Å². The number of nitrogens with zero attached hydrogens (tertiary/aromatic N) is 2. The molecule has 0 N–H and O–H groups in total. The van der Waals surface area contributed by atoms with E-state index in [9.17, 15) is 0 Å². The Morgan fingerprint density at radius 3 is 2.31 bits per heavy atom. The standard InChI is InChI=1S/C8H7N.C3H5N/c9-7-6-8-4-2-1-3-5-8;1-3-4-2/h1-5H,6H2;3H2,1H3. The fourth-order valence-corrected chi connectivity index (χ4v) is 0.687. The lowest BCUT2D eigenvalue weighted by molar-refractivity contribution is 1.26. The van der Waals surface area contributed by atoms with Crippen LogP contribution >= 0.6 is 0 Å². The number of hydrogen-bond acceptors (Lipinski definition) is 1. The average molecular weight is 172 g/mol. The van der Waals surface area contributed by atoms with Crippen molar-refractivity contribution in [3.63, 3.8) is 0 Å². The predicted molar refractivity (Wildman–Crippen MR) is 52.9 cm³/mol. The third-order valence-electron chi connectivity index (χ3n) is 1.28. The number of hydrogen-bond donors (Lipinski definition) is 0. The minimum absolute atomic E-state index is 0.515. The van der Waals surface area contributed by atoms with Gasteiger partial charge in [-0.3, -0.25) is 0 Å². The van der Waals surface area contributed by atoms with Crippen LogP contribution in [0.3, 0.4) is 0 Å². The van der Waals surface area contributed by atoms with Gasteiger partial charge in [-0.2, -0.15) is 5.26 Å². The summed E-state index contributed by atoms with van der Waals surface area (Å²) in [6.07, 6.45) is 0.515. The summed E-state index contributed by atoms with van der Waals surface area (Å²) < 4.78 is 0. The van der Waals surface area contributed by atoms with E-state index >= 15 is 0 Å². The van der Waals surface area contributed by atoms with Crippen LogP contribution in [0.1, 0.15) is 12.5 Å². The topological polar surface area (TPSA) is 28.1 Å². The minimum Gasteiger partial charge on any atom is -0.317 e. The first kappa shape index (κ1) is 11.2. The van der Waals surface area contributed by atoms with Crippen molar-refractivity contribution in [3.05, 3.63) is 47.3 Å². The Labute approximate surface area is 79.3 Å². The molecule has 0 unspecified atom stereocenters. The Balaban J connectivity index is 0.000000310. The highest BCUT2D eigenvalue weighted by Gasteiger charge is 1.84. The highest BCUT2D eigenvalue weighted by atomic mass is 14.6. The maximum absolute atomic E-state index is 8.27. The van der Waals surface area contributed by atoms with Gasteiger partial charge in [0.2, 0.25) is 6.54 Å². The fourth-order valence-electron chi connectivity index (χ4n) is 0.687. The quantitative estimate of drug-likeness (QED) is 0.598. The monoisotopic (exact) mass is 172 g/mol. The molecule has 1 aromatic carbocycles. The summed E-state index contributed by atoms with van der Waals surface area (Å²) in [7, 11) is 0. The molecule has 1 rings (SSSR count). The van der Waals surface area contributed by atoms with Crippen LogP contribution in [0.5, 0.6) is 0 Å². The molecule has 1 aromatic rings. The van der Waals surface area contributed by atoms with Crippen molar-refractivity contribution < 1.29 is 0 Å². The molecule has 0 aliphatic heterocycles. The lowest BCUT2D eigenvalue weighted by Gasteiger charge is -1.88. The molecule has 0 bridgehead atoms. The molecule has 2 nitrogen and oxygen atoms in total. The lowest BCUT2D eigenvalue weighted by atomic mass is 10.2. The summed E-state index contributed by atoms with van der Waals surface area (Å²) in [4.78, 5) is 2.99. The summed E-state index contributed by atoms with van der Waals surface area (Å²) >= 11 is 0. The Kier molecular flexibility index (Phi) is 7.15. The van der Waals surface area contributed by atoms with Crippen molar-refractivity contribution in [2.45, 2.75) is 13.3 Å². The molecule has 0 saturated carbocycles. The fraction of sp³-hybridized carbons (Fsp3) is 0.273. The molecule has 0 fully saturated rings. The Morgan fingerprint density at radius 2 is 1.92 bits per heavy atom. The zero-order chi connectivity index (χ0) is 9.94. The second-order valence-electron chi connectivity index (χ2n) is 2.29. The minimum atomic E-state index is 0.515. The summed E-state index contributed by atoms with van der Waals surface area (Å²) in [5.41, 5.74) is 1.08. The van der Waals surface area contributed by atoms with Crippen molar-refractivity contribution in [3.8, 4) is 6.07 Å². The van der Waals surface area contributed by atoms with E-state index in [2.05, 4.69) is 10.9 Å². The first-order valence-corrected chi connectivity index (χ1v) is 4.09. The van der Waals surface area contributed by atoms with Gasteiger partial charge in [-0.15, -0.1) is 0 Å². The van der Waals surface area contributed by atoms with Crippen LogP contribution in [0, 0.1) is 17.9 Å². The van der Waals surface area contributed by atoms with Gasteiger partial charge in [0.25, 0.3) is 0 Å². The molecule has 0 heterocycles. The van der Waals surface area contributed by atoms with Crippen molar-refractivity contribution in [2.75, 3.05) is 6.54 Å². The SMILES string of the molecule is N#CCc1ccccc1.[C-]#[N+]CC. The first-order chi connectivity index (χ1) is 6.35. The van der Waals surface area contributed by atoms with E-state index < -0.39 is 0 Å². The molecule has 0 aliphatic carbocycles. The molecule has 0 spiro atoms. The Hall–Kier alpha value is -1.80. The second-order valence-corrected chi connectivity index (χ2v) is 2.29. The molecule has 66 valence electrons. The van der Waals surface area contributed by atoms with E-state index in [0.29, 0.717) is 13.0 Å². The maximum Gasteiger partial charge on any atom is 0.211 e. The molecule has 0 aliphatic rings. The Bertz CT molecular complexity index is 290. The van der Waals surface area contributed by atoms with E-state index in [-0.39, 0.29) is 0 Å². The molecule has 0 radical (unpaired) electrons. The molecule has 0 saturated heterocycles. The smallest absolute Gasteiger partial charge is 0.211 e. The van der Waals surface area contributed by atoms with Gasteiger partial charge in [-0.25, -0.2) is 6.57 Å². The summed E-state index contributed by atoms with van der Waals surface area (Å²) in [6, 6.07) is 11.8. The number of nitriles is 1. The summed E-state index contributed by atoms with van der Waals surface area (Å²) in [6.45, 7) is 8.51. The van der Waals surface area contributed by atoms with Crippen LogP contribution in [0.15, 0.2) is 30.3 Å². The Morgan fingerprint density at radius 1 is 1.38 bits per heavy atom. The highest BCUT2D eigenvalue weighted by Crippen LogP contribution is 1.96. The van der Waals surface area contributed by atoms with E-state index in [4.69, 9.17) is 11.8 Å². The lowest BCUT2D eigenvalue weighted by Crippen LogP contribution is -1.76. The van der Waals surface area contributed by atoms with E-state index in [0.717, 1.165) is 5.56 Å². The van der Waals surface area contributed by atoms with Gasteiger partial charge >= 0.3 is 0 Å². The van der Waals surface area contributed by atoms with Gasteiger partial charge in [-0.05, 0) is 5.56 Å². The molecular weight excluding hydrogens is 160 g/mol. The van der Waals surface area contributed by atoms with Crippen LogP contribution in [-0.2, 0) is 6.42 Å². The molecule has 2 heteroatoms. The van der Waals surface area contributed by atoms with Crippen molar-refractivity contribution in [2.24, 2.45) is 0 Å². The van der Waals surface area contributed by atoms with Crippen molar-refractivity contribution in [1.82, 2.24) is 0 Å². The van der Waals surface area contributed by atoms with Gasteiger partial charge in [0.1, 0.15) is 0 Å². The molecule has 0 atom stereocenters. The zero-order valence-electron chi connectivity index (χ0n) is 7.70. The van der Waals surface area contributed by atoms with Crippen molar-refractivity contribution >= 4 is 0 Å². The number of rotatable bonds is 1. The summed E-state index contributed by atoms with van der Waals surface area (Å²) in [5.74, 6) is 0. The van der Waals surface area contributed by atoms with E-state index in [1.165, 1.54) is 0 Å². The van der Waals surface area contributed by atoms with Gasteiger partial charge in [-0.1, -0.05) is 30.3 Å². The molecule has 0 aromatic heterocycles. The van der Waals surface area contributed by atoms with Crippen LogP contribution in [0.2, 0.25) is 0 Å². The van der Waals surface area contributed by atoms with Gasteiger partial charge in [0.05, 0.1) is 12.5 Å². The van der Waals surface area contributed by atoms with Gasteiger partial charge in [0.15, 0.2) is 0 Å². The highest BCUT2D eigenvalue weighted by molar-refractivity contribution is 5.17. The predicted octanol–water partition coefficient (Wildman–Crippen LogP) is 2.68. The van der Waals surface area contributed by atoms with Crippen LogP contribution in [0.25, 0.3) is 4.85 Å². The number of benzene rings is 1. The summed E-state index contributed by atoms with van der Waals surface area (Å²) in [5, 5.41) is 8.27. The maximum atomic E-state index is 8.27. The van der Waals surface area contributed by atoms with E-state index in [1.807, 2.05) is 37.3 Å². The van der Waals surface area contributed by atoms with Gasteiger partial charge < -0.3 is 4.85 Å². The zero-order valence-corrected chi connectivity index (χ0v) is 7.70. The van der Waals surface area contributed by atoms with Crippen molar-refractivity contribution in [1.29, 1.82) is 5.26 Å².